The molecule has 1 amide bonds. The fraction of sp³-hybridized carbons (Fsp3) is 0.350. The summed E-state index contributed by atoms with van der Waals surface area (Å²) < 4.78 is 23.4. The Balaban J connectivity index is 1.76. The lowest BCUT2D eigenvalue weighted by atomic mass is 10.1. The molecule has 138 valence electrons. The van der Waals surface area contributed by atoms with E-state index in [1.165, 1.54) is 0 Å². The van der Waals surface area contributed by atoms with E-state index in [-0.39, 0.29) is 16.6 Å². The SMILES string of the molecule is CCS(=O)(=O)c1ccc(NC(=O)C2(Sc3ccccc3)CCCC2)cc1. The number of hydrogen-bond acceptors (Lipinski definition) is 4. The molecular weight excluding hydrogens is 366 g/mol. The Morgan fingerprint density at radius 3 is 2.23 bits per heavy atom. The van der Waals surface area contributed by atoms with Crippen LogP contribution in [0.15, 0.2) is 64.4 Å². The maximum Gasteiger partial charge on any atom is 0.240 e. The first-order valence-electron chi connectivity index (χ1n) is 8.83. The van der Waals surface area contributed by atoms with E-state index in [9.17, 15) is 13.2 Å². The molecule has 1 N–H and O–H groups in total. The number of rotatable bonds is 6. The standard InChI is InChI=1S/C20H23NO3S2/c1-2-26(23,24)18-12-10-16(11-13-18)21-19(22)20(14-6-7-15-20)25-17-8-4-3-5-9-17/h3-5,8-13H,2,6-7,14-15H2,1H3,(H,21,22). The summed E-state index contributed by atoms with van der Waals surface area (Å²) in [5, 5.41) is 2.99. The summed E-state index contributed by atoms with van der Waals surface area (Å²) in [6.07, 6.45) is 3.78. The average Bonchev–Trinajstić information content (AvgIpc) is 3.13. The fourth-order valence-electron chi connectivity index (χ4n) is 3.19. The molecule has 0 radical (unpaired) electrons. The molecule has 0 aromatic heterocycles. The molecule has 1 aliphatic carbocycles. The van der Waals surface area contributed by atoms with Gasteiger partial charge in [-0.2, -0.15) is 0 Å². The summed E-state index contributed by atoms with van der Waals surface area (Å²) >= 11 is 1.63. The van der Waals surface area contributed by atoms with E-state index in [0.717, 1.165) is 30.6 Å². The second-order valence-corrected chi connectivity index (χ2v) is 10.2. The Morgan fingerprint density at radius 1 is 1.04 bits per heavy atom. The lowest BCUT2D eigenvalue weighted by Gasteiger charge is -2.27. The van der Waals surface area contributed by atoms with Gasteiger partial charge >= 0.3 is 0 Å². The van der Waals surface area contributed by atoms with E-state index >= 15 is 0 Å². The van der Waals surface area contributed by atoms with Crippen LogP contribution in [-0.4, -0.2) is 24.8 Å². The second kappa shape index (κ2) is 7.84. The fourth-order valence-corrected chi connectivity index (χ4v) is 5.46. The number of thioether (sulfide) groups is 1. The van der Waals surface area contributed by atoms with Crippen LogP contribution in [0.3, 0.4) is 0 Å². The molecule has 0 aliphatic heterocycles. The van der Waals surface area contributed by atoms with Crippen molar-refractivity contribution in [3.63, 3.8) is 0 Å². The normalized spacial score (nSPS) is 16.3. The number of sulfone groups is 1. The monoisotopic (exact) mass is 389 g/mol. The number of carbonyl (C=O) groups is 1. The van der Waals surface area contributed by atoms with Crippen LogP contribution in [0.2, 0.25) is 0 Å². The first-order valence-corrected chi connectivity index (χ1v) is 11.3. The Kier molecular flexibility index (Phi) is 5.73. The summed E-state index contributed by atoms with van der Waals surface area (Å²) in [7, 11) is -3.23. The van der Waals surface area contributed by atoms with Gasteiger partial charge in [-0.05, 0) is 49.2 Å². The van der Waals surface area contributed by atoms with Gasteiger partial charge in [0.1, 0.15) is 0 Å². The van der Waals surface area contributed by atoms with Crippen LogP contribution in [0.1, 0.15) is 32.6 Å². The van der Waals surface area contributed by atoms with Crippen molar-refractivity contribution < 1.29 is 13.2 Å². The van der Waals surface area contributed by atoms with Gasteiger partial charge in [0.25, 0.3) is 0 Å². The minimum Gasteiger partial charge on any atom is -0.325 e. The molecule has 0 unspecified atom stereocenters. The van der Waals surface area contributed by atoms with Crippen molar-refractivity contribution in [1.29, 1.82) is 0 Å². The zero-order chi connectivity index (χ0) is 18.6. The molecule has 1 aliphatic rings. The van der Waals surface area contributed by atoms with Gasteiger partial charge < -0.3 is 5.32 Å². The molecule has 4 nitrogen and oxygen atoms in total. The Morgan fingerprint density at radius 2 is 1.65 bits per heavy atom. The summed E-state index contributed by atoms with van der Waals surface area (Å²) in [5.41, 5.74) is 0.630. The molecule has 0 bridgehead atoms. The highest BCUT2D eigenvalue weighted by Crippen LogP contribution is 2.46. The molecule has 1 saturated carbocycles. The minimum absolute atomic E-state index is 0.00467. The van der Waals surface area contributed by atoms with Gasteiger partial charge in [0, 0.05) is 10.6 Å². The predicted octanol–water partition coefficient (Wildman–Crippen LogP) is 4.52. The van der Waals surface area contributed by atoms with Gasteiger partial charge in [-0.25, -0.2) is 8.42 Å². The van der Waals surface area contributed by atoms with E-state index in [1.807, 2.05) is 30.3 Å². The van der Waals surface area contributed by atoms with Crippen LogP contribution >= 0.6 is 11.8 Å². The Hall–Kier alpha value is -1.79. The molecule has 2 aromatic rings. The van der Waals surface area contributed by atoms with Crippen LogP contribution in [0, 0.1) is 0 Å². The van der Waals surface area contributed by atoms with Gasteiger partial charge in [-0.3, -0.25) is 4.79 Å². The third-order valence-corrected chi connectivity index (χ3v) is 7.98. The number of benzene rings is 2. The molecule has 26 heavy (non-hydrogen) atoms. The lowest BCUT2D eigenvalue weighted by Crippen LogP contribution is -2.37. The number of carbonyl (C=O) groups excluding carboxylic acids is 1. The van der Waals surface area contributed by atoms with E-state index < -0.39 is 14.6 Å². The summed E-state index contributed by atoms with van der Waals surface area (Å²) in [4.78, 5) is 14.4. The van der Waals surface area contributed by atoms with Crippen molar-refractivity contribution in [2.45, 2.75) is 47.1 Å². The predicted molar refractivity (Wildman–Crippen MR) is 106 cm³/mol. The van der Waals surface area contributed by atoms with Gasteiger partial charge in [-0.1, -0.05) is 38.0 Å². The number of anilines is 1. The topological polar surface area (TPSA) is 63.2 Å². The second-order valence-electron chi connectivity index (χ2n) is 6.50. The third kappa shape index (κ3) is 4.13. The van der Waals surface area contributed by atoms with E-state index in [4.69, 9.17) is 0 Å². The van der Waals surface area contributed by atoms with Crippen LogP contribution < -0.4 is 5.32 Å². The van der Waals surface area contributed by atoms with Crippen molar-refractivity contribution in [1.82, 2.24) is 0 Å². The number of hydrogen-bond donors (Lipinski definition) is 1. The van der Waals surface area contributed by atoms with E-state index in [2.05, 4.69) is 5.32 Å². The van der Waals surface area contributed by atoms with Crippen molar-refractivity contribution in [2.75, 3.05) is 11.1 Å². The summed E-state index contributed by atoms with van der Waals surface area (Å²) in [6.45, 7) is 1.62. The van der Waals surface area contributed by atoms with Crippen molar-refractivity contribution >= 4 is 33.2 Å². The first-order chi connectivity index (χ1) is 12.5. The van der Waals surface area contributed by atoms with Crippen LogP contribution in [-0.2, 0) is 14.6 Å². The Labute approximate surface area is 159 Å². The van der Waals surface area contributed by atoms with E-state index in [1.54, 1.807) is 43.0 Å². The highest BCUT2D eigenvalue weighted by molar-refractivity contribution is 8.01. The molecular formula is C20H23NO3S2. The summed E-state index contributed by atoms with van der Waals surface area (Å²) in [6, 6.07) is 16.4. The zero-order valence-corrected chi connectivity index (χ0v) is 16.4. The molecule has 0 spiro atoms. The maximum atomic E-state index is 13.0. The third-order valence-electron chi connectivity index (χ3n) is 4.73. The highest BCUT2D eigenvalue weighted by atomic mass is 32.2. The van der Waals surface area contributed by atoms with Crippen molar-refractivity contribution in [2.24, 2.45) is 0 Å². The summed E-state index contributed by atoms with van der Waals surface area (Å²) in [5.74, 6) is 0.0603. The minimum atomic E-state index is -3.23. The number of amides is 1. The zero-order valence-electron chi connectivity index (χ0n) is 14.8. The average molecular weight is 390 g/mol. The largest absolute Gasteiger partial charge is 0.325 e. The molecule has 0 atom stereocenters. The van der Waals surface area contributed by atoms with Gasteiger partial charge in [0.2, 0.25) is 5.91 Å². The quantitative estimate of drug-likeness (QED) is 0.789. The molecule has 0 heterocycles. The molecule has 0 saturated heterocycles. The molecule has 3 rings (SSSR count). The molecule has 2 aromatic carbocycles. The van der Waals surface area contributed by atoms with Gasteiger partial charge in [-0.15, -0.1) is 11.8 Å². The van der Waals surface area contributed by atoms with Crippen molar-refractivity contribution in [3.8, 4) is 0 Å². The Bertz CT molecular complexity index is 856. The van der Waals surface area contributed by atoms with Crippen LogP contribution in [0.25, 0.3) is 0 Å². The highest BCUT2D eigenvalue weighted by Gasteiger charge is 2.42. The van der Waals surface area contributed by atoms with Gasteiger partial charge in [0.15, 0.2) is 9.84 Å². The molecule has 1 fully saturated rings. The van der Waals surface area contributed by atoms with Crippen LogP contribution in [0.4, 0.5) is 5.69 Å². The number of nitrogens with one attached hydrogen (secondary N) is 1. The van der Waals surface area contributed by atoms with Gasteiger partial charge in [0.05, 0.1) is 15.4 Å². The molecule has 6 heteroatoms. The van der Waals surface area contributed by atoms with Crippen LogP contribution in [0.5, 0.6) is 0 Å². The lowest BCUT2D eigenvalue weighted by molar-refractivity contribution is -0.118. The van der Waals surface area contributed by atoms with Crippen molar-refractivity contribution in [3.05, 3.63) is 54.6 Å². The smallest absolute Gasteiger partial charge is 0.240 e. The first kappa shape index (κ1) is 19.0. The maximum absolute atomic E-state index is 13.0. The van der Waals surface area contributed by atoms with E-state index in [0.29, 0.717) is 5.69 Å².